The van der Waals surface area contributed by atoms with Crippen LogP contribution in [-0.2, 0) is 5.41 Å². The highest BCUT2D eigenvalue weighted by Crippen LogP contribution is 2.52. The van der Waals surface area contributed by atoms with E-state index in [1.807, 2.05) is 12.1 Å². The molecule has 2 aromatic heterocycles. The van der Waals surface area contributed by atoms with Crippen molar-refractivity contribution in [3.05, 3.63) is 175 Å². The van der Waals surface area contributed by atoms with Crippen molar-refractivity contribution in [3.63, 3.8) is 0 Å². The van der Waals surface area contributed by atoms with E-state index >= 15 is 0 Å². The highest BCUT2D eigenvalue weighted by molar-refractivity contribution is 6.25. The number of furan rings is 2. The Balaban J connectivity index is 1.22. The van der Waals surface area contributed by atoms with Crippen molar-refractivity contribution in [1.82, 2.24) is 0 Å². The standard InChI is InChI=1S/C49H33NO2/c1-49(2)40-19-10-8-16-34(40)35-25-23-32(28-41(35)49)50(31-24-26-44-39(27-31)36-17-9-11-21-43(36)51-44)42-20-12-22-45-48(42)47-37-18-7-6-15-33(37)38(29-46(47)52-45)30-13-4-3-5-14-30/h3-29H,1-2H3. The summed E-state index contributed by atoms with van der Waals surface area (Å²) in [6.07, 6.45) is 0. The van der Waals surface area contributed by atoms with Gasteiger partial charge in [-0.25, -0.2) is 0 Å². The third-order valence-corrected chi connectivity index (χ3v) is 11.3. The Kier molecular flexibility index (Phi) is 6.01. The van der Waals surface area contributed by atoms with Gasteiger partial charge < -0.3 is 13.7 Å². The molecule has 1 aliphatic rings. The molecule has 0 bridgehead atoms. The number of para-hydroxylation sites is 1. The monoisotopic (exact) mass is 667 g/mol. The molecule has 8 aromatic carbocycles. The van der Waals surface area contributed by atoms with Gasteiger partial charge in [-0.2, -0.15) is 0 Å². The van der Waals surface area contributed by atoms with E-state index in [4.69, 9.17) is 8.83 Å². The van der Waals surface area contributed by atoms with Crippen LogP contribution in [0.25, 0.3) is 76.9 Å². The number of hydrogen-bond donors (Lipinski definition) is 0. The number of rotatable bonds is 4. The van der Waals surface area contributed by atoms with Crippen molar-refractivity contribution >= 4 is 71.7 Å². The average Bonchev–Trinajstić information content (AvgIpc) is 3.83. The Morgan fingerprint density at radius 2 is 1.06 bits per heavy atom. The van der Waals surface area contributed by atoms with Crippen LogP contribution < -0.4 is 4.90 Å². The minimum Gasteiger partial charge on any atom is -0.456 e. The molecule has 0 N–H and O–H groups in total. The Hall–Kier alpha value is -6.58. The zero-order valence-corrected chi connectivity index (χ0v) is 28.9. The lowest BCUT2D eigenvalue weighted by molar-refractivity contribution is 0.660. The molecule has 3 nitrogen and oxygen atoms in total. The molecule has 0 spiro atoms. The second-order valence-corrected chi connectivity index (χ2v) is 14.5. The first-order chi connectivity index (χ1) is 25.5. The molecule has 0 fully saturated rings. The zero-order valence-electron chi connectivity index (χ0n) is 28.9. The Morgan fingerprint density at radius 1 is 0.404 bits per heavy atom. The summed E-state index contributed by atoms with van der Waals surface area (Å²) in [5.74, 6) is 0. The molecular formula is C49H33NO2. The fourth-order valence-corrected chi connectivity index (χ4v) is 8.82. The number of benzene rings is 8. The maximum Gasteiger partial charge on any atom is 0.137 e. The van der Waals surface area contributed by atoms with Crippen molar-refractivity contribution in [2.24, 2.45) is 0 Å². The van der Waals surface area contributed by atoms with E-state index in [0.717, 1.165) is 60.9 Å². The highest BCUT2D eigenvalue weighted by Gasteiger charge is 2.36. The summed E-state index contributed by atoms with van der Waals surface area (Å²) in [4.78, 5) is 2.41. The number of fused-ring (bicyclic) bond motifs is 11. The van der Waals surface area contributed by atoms with Gasteiger partial charge in [0.05, 0.1) is 11.1 Å². The lowest BCUT2D eigenvalue weighted by Crippen LogP contribution is -2.16. The van der Waals surface area contributed by atoms with E-state index in [2.05, 4.69) is 170 Å². The van der Waals surface area contributed by atoms with Crippen LogP contribution in [0.2, 0.25) is 0 Å². The van der Waals surface area contributed by atoms with Crippen LogP contribution >= 0.6 is 0 Å². The summed E-state index contributed by atoms with van der Waals surface area (Å²) in [6.45, 7) is 4.69. The molecule has 0 amide bonds. The summed E-state index contributed by atoms with van der Waals surface area (Å²) in [5.41, 5.74) is 14.2. The van der Waals surface area contributed by atoms with E-state index < -0.39 is 0 Å². The molecule has 52 heavy (non-hydrogen) atoms. The van der Waals surface area contributed by atoms with Crippen molar-refractivity contribution in [1.29, 1.82) is 0 Å². The van der Waals surface area contributed by atoms with Crippen molar-refractivity contribution in [2.45, 2.75) is 19.3 Å². The van der Waals surface area contributed by atoms with E-state index in [-0.39, 0.29) is 5.41 Å². The van der Waals surface area contributed by atoms with E-state index in [9.17, 15) is 0 Å². The van der Waals surface area contributed by atoms with Crippen LogP contribution in [0.3, 0.4) is 0 Å². The fraction of sp³-hybridized carbons (Fsp3) is 0.0612. The topological polar surface area (TPSA) is 29.5 Å². The predicted octanol–water partition coefficient (Wildman–Crippen LogP) is 14.1. The smallest absolute Gasteiger partial charge is 0.137 e. The van der Waals surface area contributed by atoms with Gasteiger partial charge in [-0.05, 0) is 98.8 Å². The van der Waals surface area contributed by atoms with E-state index in [0.29, 0.717) is 0 Å². The molecule has 10 aromatic rings. The first kappa shape index (κ1) is 29.2. The highest BCUT2D eigenvalue weighted by atomic mass is 16.3. The summed E-state index contributed by atoms with van der Waals surface area (Å²) in [7, 11) is 0. The van der Waals surface area contributed by atoms with Crippen LogP contribution in [0.1, 0.15) is 25.0 Å². The second-order valence-electron chi connectivity index (χ2n) is 14.5. The van der Waals surface area contributed by atoms with E-state index in [1.54, 1.807) is 0 Å². The molecule has 0 atom stereocenters. The van der Waals surface area contributed by atoms with Crippen molar-refractivity contribution in [3.8, 4) is 22.3 Å². The SMILES string of the molecule is CC1(C)c2ccccc2-c2ccc(N(c3ccc4oc5ccccc5c4c3)c3cccc4oc5cc(-c6ccccc6)c6ccccc6c5c34)cc21. The van der Waals surface area contributed by atoms with Gasteiger partial charge in [-0.15, -0.1) is 0 Å². The number of nitrogens with zero attached hydrogens (tertiary/aromatic N) is 1. The van der Waals surface area contributed by atoms with Crippen LogP contribution in [0.5, 0.6) is 0 Å². The Morgan fingerprint density at radius 3 is 1.94 bits per heavy atom. The molecule has 0 saturated heterocycles. The largest absolute Gasteiger partial charge is 0.456 e. The molecule has 0 aliphatic heterocycles. The maximum atomic E-state index is 6.81. The minimum absolute atomic E-state index is 0.142. The van der Waals surface area contributed by atoms with Crippen molar-refractivity contribution < 1.29 is 8.83 Å². The Bertz CT molecular complexity index is 3050. The van der Waals surface area contributed by atoms with Crippen LogP contribution in [0.4, 0.5) is 17.1 Å². The van der Waals surface area contributed by atoms with Crippen LogP contribution in [0.15, 0.2) is 173 Å². The van der Waals surface area contributed by atoms with Gasteiger partial charge in [0.15, 0.2) is 0 Å². The van der Waals surface area contributed by atoms with Gasteiger partial charge in [0.2, 0.25) is 0 Å². The van der Waals surface area contributed by atoms with Gasteiger partial charge in [-0.3, -0.25) is 0 Å². The number of hydrogen-bond acceptors (Lipinski definition) is 3. The predicted molar refractivity (Wildman–Crippen MR) is 216 cm³/mol. The summed E-state index contributed by atoms with van der Waals surface area (Å²) in [6, 6.07) is 58.7. The van der Waals surface area contributed by atoms with Crippen molar-refractivity contribution in [2.75, 3.05) is 4.90 Å². The minimum atomic E-state index is -0.142. The molecule has 3 heteroatoms. The van der Waals surface area contributed by atoms with Crippen LogP contribution in [-0.4, -0.2) is 0 Å². The van der Waals surface area contributed by atoms with E-state index in [1.165, 1.54) is 44.2 Å². The molecule has 1 aliphatic carbocycles. The first-order valence-corrected chi connectivity index (χ1v) is 17.9. The summed E-state index contributed by atoms with van der Waals surface area (Å²) < 4.78 is 13.1. The molecule has 0 radical (unpaired) electrons. The first-order valence-electron chi connectivity index (χ1n) is 17.9. The molecule has 11 rings (SSSR count). The van der Waals surface area contributed by atoms with Gasteiger partial charge >= 0.3 is 0 Å². The lowest BCUT2D eigenvalue weighted by Gasteiger charge is -2.28. The molecule has 0 saturated carbocycles. The third kappa shape index (κ3) is 4.08. The average molecular weight is 668 g/mol. The Labute approximate surface area is 301 Å². The van der Waals surface area contributed by atoms with Gasteiger partial charge in [-0.1, -0.05) is 123 Å². The maximum absolute atomic E-state index is 6.81. The third-order valence-electron chi connectivity index (χ3n) is 11.3. The zero-order chi connectivity index (χ0) is 34.6. The number of anilines is 3. The van der Waals surface area contributed by atoms with Gasteiger partial charge in [0, 0.05) is 32.9 Å². The second kappa shape index (κ2) is 10.7. The lowest BCUT2D eigenvalue weighted by atomic mass is 9.82. The molecular weight excluding hydrogens is 635 g/mol. The summed E-state index contributed by atoms with van der Waals surface area (Å²) in [5, 5.41) is 6.79. The molecule has 0 unspecified atom stereocenters. The fourth-order valence-electron chi connectivity index (χ4n) is 8.82. The van der Waals surface area contributed by atoms with Gasteiger partial charge in [0.25, 0.3) is 0 Å². The summed E-state index contributed by atoms with van der Waals surface area (Å²) >= 11 is 0. The quantitative estimate of drug-likeness (QED) is 0.187. The molecule has 246 valence electrons. The normalized spacial score (nSPS) is 13.3. The van der Waals surface area contributed by atoms with Crippen LogP contribution in [0, 0.1) is 0 Å². The van der Waals surface area contributed by atoms with Gasteiger partial charge in [0.1, 0.15) is 22.3 Å². The molecule has 2 heterocycles.